The first-order valence-corrected chi connectivity index (χ1v) is 14.6. The van der Waals surface area contributed by atoms with Crippen molar-refractivity contribution >= 4 is 46.5 Å². The minimum atomic E-state index is -0.736. The third-order valence-electron chi connectivity index (χ3n) is 7.57. The highest BCUT2D eigenvalue weighted by atomic mass is 35.5. The number of aryl methyl sites for hydroxylation is 1. The zero-order chi connectivity index (χ0) is 32.2. The van der Waals surface area contributed by atoms with Crippen LogP contribution in [0.4, 0.5) is 27.5 Å². The maximum absolute atomic E-state index is 14.6. The third-order valence-corrected chi connectivity index (χ3v) is 7.87. The lowest BCUT2D eigenvalue weighted by Gasteiger charge is -2.24. The summed E-state index contributed by atoms with van der Waals surface area (Å²) in [5.74, 6) is 4.74. The Balaban J connectivity index is 1.46. The monoisotopic (exact) mass is 633 g/mol. The summed E-state index contributed by atoms with van der Waals surface area (Å²) in [7, 11) is 0. The molecule has 0 radical (unpaired) electrons. The normalized spacial score (nSPS) is 17.2. The average Bonchev–Trinajstić information content (AvgIpc) is 3.44. The molecule has 0 fully saturated rings. The van der Waals surface area contributed by atoms with E-state index in [1.165, 1.54) is 19.1 Å². The number of hydrazine groups is 1. The lowest BCUT2D eigenvalue weighted by atomic mass is 9.95. The predicted molar refractivity (Wildman–Crippen MR) is 169 cm³/mol. The van der Waals surface area contributed by atoms with Crippen molar-refractivity contribution in [2.45, 2.75) is 46.1 Å². The van der Waals surface area contributed by atoms with Crippen LogP contribution < -0.4 is 32.5 Å². The summed E-state index contributed by atoms with van der Waals surface area (Å²) in [6.07, 6.45) is 3.29. The van der Waals surface area contributed by atoms with E-state index in [1.807, 2.05) is 31.2 Å². The van der Waals surface area contributed by atoms with Crippen LogP contribution in [0.15, 0.2) is 70.5 Å². The van der Waals surface area contributed by atoms with Gasteiger partial charge in [-0.25, -0.2) is 10.2 Å². The van der Waals surface area contributed by atoms with E-state index in [0.717, 1.165) is 16.1 Å². The molecule has 7 N–H and O–H groups in total. The lowest BCUT2D eigenvalue weighted by molar-refractivity contribution is -0.120. The van der Waals surface area contributed by atoms with Crippen LogP contribution in [-0.2, 0) is 9.59 Å². The summed E-state index contributed by atoms with van der Waals surface area (Å²) in [6, 6.07) is 13.2. The minimum absolute atomic E-state index is 0.0346. The molecule has 2 bridgehead atoms. The SMILES string of the molecule is C/C(=C(/N)C(=O)NC1CCCC(C)C(=O)Nc2cc(Nc3nnc(C)o3)ccc2-c2ccnc1c2)N(N)c1cccc(Cl)c1F. The van der Waals surface area contributed by atoms with E-state index in [9.17, 15) is 14.0 Å². The fourth-order valence-corrected chi connectivity index (χ4v) is 5.12. The number of carbonyl (C=O) groups is 2. The van der Waals surface area contributed by atoms with Gasteiger partial charge in [0.1, 0.15) is 5.70 Å². The molecule has 2 unspecified atom stereocenters. The van der Waals surface area contributed by atoms with Gasteiger partial charge in [-0.2, -0.15) is 0 Å². The van der Waals surface area contributed by atoms with Crippen LogP contribution in [0.2, 0.25) is 5.02 Å². The van der Waals surface area contributed by atoms with Crippen LogP contribution in [0.3, 0.4) is 0 Å². The van der Waals surface area contributed by atoms with E-state index in [2.05, 4.69) is 31.1 Å². The van der Waals surface area contributed by atoms with E-state index in [1.54, 1.807) is 25.3 Å². The van der Waals surface area contributed by atoms with Gasteiger partial charge >= 0.3 is 6.01 Å². The smallest absolute Gasteiger partial charge is 0.320 e. The van der Waals surface area contributed by atoms with Crippen LogP contribution in [-0.4, -0.2) is 27.0 Å². The molecule has 0 saturated heterocycles. The van der Waals surface area contributed by atoms with E-state index >= 15 is 0 Å². The molecule has 234 valence electrons. The minimum Gasteiger partial charge on any atom is -0.408 e. The standard InChI is InChI=1S/C31H33ClFN9O3/c1-16-6-4-8-23(38-30(44)28(34)17(2)42(35)26-9-5-7-22(32)27(26)33)25-14-19(12-13-36-25)21-11-10-20(15-24(21)39-29(16)43)37-31-41-40-18(3)45-31/h5,7,9-16,23H,4,6,8,34-35H2,1-3H3,(H,37,41)(H,38,44)(H,39,43)/b28-17-. The van der Waals surface area contributed by atoms with Gasteiger partial charge < -0.3 is 26.1 Å². The highest BCUT2D eigenvalue weighted by molar-refractivity contribution is 6.31. The van der Waals surface area contributed by atoms with Gasteiger partial charge in [0.2, 0.25) is 11.8 Å². The van der Waals surface area contributed by atoms with Crippen molar-refractivity contribution < 1.29 is 18.4 Å². The Morgan fingerprint density at radius 1 is 1.18 bits per heavy atom. The molecule has 2 aromatic carbocycles. The van der Waals surface area contributed by atoms with Crippen LogP contribution in [0.5, 0.6) is 0 Å². The quantitative estimate of drug-likeness (QED) is 0.104. The van der Waals surface area contributed by atoms with Gasteiger partial charge in [-0.15, -0.1) is 5.10 Å². The molecular weight excluding hydrogens is 601 g/mol. The maximum atomic E-state index is 14.6. The Labute approximate surface area is 264 Å². The molecule has 4 aromatic rings. The first-order valence-electron chi connectivity index (χ1n) is 14.3. The number of anilines is 4. The average molecular weight is 634 g/mol. The topological polar surface area (TPSA) is 177 Å². The zero-order valence-corrected chi connectivity index (χ0v) is 25.7. The molecule has 1 aliphatic heterocycles. The van der Waals surface area contributed by atoms with E-state index in [-0.39, 0.29) is 39.9 Å². The molecule has 3 heterocycles. The van der Waals surface area contributed by atoms with Crippen LogP contribution in [0.25, 0.3) is 11.1 Å². The number of aromatic nitrogens is 3. The number of carbonyl (C=O) groups excluding carboxylic acids is 2. The van der Waals surface area contributed by atoms with Gasteiger partial charge in [-0.3, -0.25) is 19.6 Å². The van der Waals surface area contributed by atoms with Gasteiger partial charge in [-0.1, -0.05) is 42.2 Å². The summed E-state index contributed by atoms with van der Waals surface area (Å²) >= 11 is 5.91. The van der Waals surface area contributed by atoms with Gasteiger partial charge in [0, 0.05) is 30.3 Å². The number of nitrogens with two attached hydrogens (primary N) is 2. The first-order chi connectivity index (χ1) is 21.5. The van der Waals surface area contributed by atoms with E-state index in [0.29, 0.717) is 42.2 Å². The third kappa shape index (κ3) is 7.05. The Morgan fingerprint density at radius 3 is 2.73 bits per heavy atom. The number of pyridine rings is 1. The maximum Gasteiger partial charge on any atom is 0.320 e. The highest BCUT2D eigenvalue weighted by Gasteiger charge is 2.24. The Kier molecular flexibility index (Phi) is 9.30. The largest absolute Gasteiger partial charge is 0.408 e. The molecule has 5 rings (SSSR count). The van der Waals surface area contributed by atoms with Gasteiger partial charge in [0.25, 0.3) is 5.91 Å². The van der Waals surface area contributed by atoms with Gasteiger partial charge in [0.05, 0.1) is 33.8 Å². The van der Waals surface area contributed by atoms with Crippen molar-refractivity contribution in [1.82, 2.24) is 20.5 Å². The molecule has 0 aliphatic carbocycles. The summed E-state index contributed by atoms with van der Waals surface area (Å²) in [5.41, 5.74) is 9.45. The number of rotatable bonds is 6. The summed E-state index contributed by atoms with van der Waals surface area (Å²) in [6.45, 7) is 5.05. The number of fused-ring (bicyclic) bond motifs is 4. The van der Waals surface area contributed by atoms with Crippen LogP contribution in [0, 0.1) is 18.7 Å². The first kappa shape index (κ1) is 31.4. The number of nitrogens with one attached hydrogen (secondary N) is 3. The van der Waals surface area contributed by atoms with Crippen molar-refractivity contribution in [3.63, 3.8) is 0 Å². The Hall–Kier alpha value is -5.01. The van der Waals surface area contributed by atoms with Crippen LogP contribution in [0.1, 0.15) is 50.7 Å². The second kappa shape index (κ2) is 13.3. The Bertz CT molecular complexity index is 1780. The highest BCUT2D eigenvalue weighted by Crippen LogP contribution is 2.35. The molecule has 14 heteroatoms. The number of allylic oxidation sites excluding steroid dienone is 1. The molecule has 1 aliphatic rings. The van der Waals surface area contributed by atoms with Crippen molar-refractivity contribution in [2.24, 2.45) is 17.5 Å². The predicted octanol–water partition coefficient (Wildman–Crippen LogP) is 5.46. The number of hydrogen-bond acceptors (Lipinski definition) is 10. The van der Waals surface area contributed by atoms with E-state index < -0.39 is 17.8 Å². The number of benzene rings is 2. The fourth-order valence-electron chi connectivity index (χ4n) is 4.95. The van der Waals surface area contributed by atoms with E-state index in [4.69, 9.17) is 27.6 Å². The number of amides is 2. The number of halogens is 2. The van der Waals surface area contributed by atoms with Crippen molar-refractivity contribution in [2.75, 3.05) is 15.6 Å². The summed E-state index contributed by atoms with van der Waals surface area (Å²) in [4.78, 5) is 31.2. The fraction of sp³-hybridized carbons (Fsp3) is 0.258. The molecule has 0 spiro atoms. The Morgan fingerprint density at radius 2 is 1.98 bits per heavy atom. The lowest BCUT2D eigenvalue weighted by Crippen LogP contribution is -2.38. The van der Waals surface area contributed by atoms with Gasteiger partial charge in [-0.05, 0) is 61.7 Å². The molecule has 12 nitrogen and oxygen atoms in total. The zero-order valence-electron chi connectivity index (χ0n) is 24.9. The summed E-state index contributed by atoms with van der Waals surface area (Å²) < 4.78 is 20.0. The van der Waals surface area contributed by atoms with Crippen molar-refractivity contribution in [1.29, 1.82) is 0 Å². The molecule has 2 aromatic heterocycles. The second-order valence-electron chi connectivity index (χ2n) is 10.8. The molecule has 45 heavy (non-hydrogen) atoms. The molecular formula is C31H33ClFN9O3. The van der Waals surface area contributed by atoms with Crippen molar-refractivity contribution in [3.8, 4) is 11.1 Å². The number of nitrogens with zero attached hydrogens (tertiary/aromatic N) is 4. The van der Waals surface area contributed by atoms with Crippen LogP contribution >= 0.6 is 11.6 Å². The van der Waals surface area contributed by atoms with Crippen molar-refractivity contribution in [3.05, 3.63) is 88.5 Å². The molecule has 2 amide bonds. The van der Waals surface area contributed by atoms with Gasteiger partial charge in [0.15, 0.2) is 5.82 Å². The molecule has 2 atom stereocenters. The second-order valence-corrected chi connectivity index (χ2v) is 11.2. The summed E-state index contributed by atoms with van der Waals surface area (Å²) in [5, 5.41) is 17.7. The molecule has 0 saturated carbocycles. The number of hydrogen-bond donors (Lipinski definition) is 5.